The minimum Gasteiger partial charge on any atom is -0.369 e. The minimum absolute atomic E-state index is 0.158. The summed E-state index contributed by atoms with van der Waals surface area (Å²) in [4.78, 5) is 37.7. The molecule has 1 saturated heterocycles. The molecule has 6 heteroatoms. The van der Waals surface area contributed by atoms with Crippen molar-refractivity contribution in [3.05, 3.63) is 34.2 Å². The molecule has 0 radical (unpaired) electrons. The highest BCUT2D eigenvalue weighted by molar-refractivity contribution is 5.95. The lowest BCUT2D eigenvalue weighted by Gasteiger charge is -2.24. The molecule has 2 amide bonds. The number of aromatic nitrogens is 1. The molecule has 1 aliphatic carbocycles. The summed E-state index contributed by atoms with van der Waals surface area (Å²) in [5.74, 6) is -0.336. The zero-order chi connectivity index (χ0) is 15.2. The second-order valence-electron chi connectivity index (χ2n) is 6.16. The van der Waals surface area contributed by atoms with Crippen LogP contribution >= 0.6 is 0 Å². The predicted molar refractivity (Wildman–Crippen MR) is 76.6 cm³/mol. The van der Waals surface area contributed by atoms with Crippen LogP contribution in [0, 0.1) is 11.3 Å². The Morgan fingerprint density at radius 1 is 1.43 bits per heavy atom. The molecule has 1 saturated carbocycles. The van der Waals surface area contributed by atoms with E-state index in [1.807, 2.05) is 0 Å². The van der Waals surface area contributed by atoms with Crippen LogP contribution in [0.5, 0.6) is 0 Å². The number of likely N-dealkylation sites (tertiary alicyclic amines) is 1. The summed E-state index contributed by atoms with van der Waals surface area (Å²) < 4.78 is 1.42. The van der Waals surface area contributed by atoms with Crippen molar-refractivity contribution >= 4 is 11.8 Å². The lowest BCUT2D eigenvalue weighted by Crippen LogP contribution is -2.41. The van der Waals surface area contributed by atoms with Crippen molar-refractivity contribution in [2.45, 2.75) is 19.3 Å². The normalized spacial score (nSPS) is 27.7. The van der Waals surface area contributed by atoms with Gasteiger partial charge in [0.15, 0.2) is 0 Å². The zero-order valence-corrected chi connectivity index (χ0v) is 12.0. The summed E-state index contributed by atoms with van der Waals surface area (Å²) in [5.41, 5.74) is 5.18. The van der Waals surface area contributed by atoms with E-state index in [4.69, 9.17) is 5.73 Å². The number of carbonyl (C=O) groups excluding carboxylic acids is 2. The van der Waals surface area contributed by atoms with E-state index in [0.717, 1.165) is 19.3 Å². The first kappa shape index (κ1) is 13.9. The molecular weight excluding hydrogens is 270 g/mol. The second-order valence-corrected chi connectivity index (χ2v) is 6.16. The Morgan fingerprint density at radius 2 is 2.19 bits per heavy atom. The molecule has 2 heterocycles. The number of primary amides is 1. The molecule has 2 N–H and O–H groups in total. The van der Waals surface area contributed by atoms with Crippen molar-refractivity contribution in [1.82, 2.24) is 9.47 Å². The molecule has 2 atom stereocenters. The Labute approximate surface area is 122 Å². The van der Waals surface area contributed by atoms with Crippen LogP contribution in [0.25, 0.3) is 0 Å². The van der Waals surface area contributed by atoms with Gasteiger partial charge in [-0.25, -0.2) is 0 Å². The maximum Gasteiger partial charge on any atom is 0.254 e. The first-order valence-electron chi connectivity index (χ1n) is 7.20. The first-order valence-corrected chi connectivity index (χ1v) is 7.20. The van der Waals surface area contributed by atoms with Gasteiger partial charge < -0.3 is 15.2 Å². The number of hydrogen-bond donors (Lipinski definition) is 1. The molecule has 0 spiro atoms. The largest absolute Gasteiger partial charge is 0.369 e. The highest BCUT2D eigenvalue weighted by Crippen LogP contribution is 2.48. The highest BCUT2D eigenvalue weighted by atomic mass is 16.2. The molecule has 2 fully saturated rings. The molecule has 0 unspecified atom stereocenters. The summed E-state index contributed by atoms with van der Waals surface area (Å²) in [5, 5.41) is 0. The van der Waals surface area contributed by atoms with E-state index in [9.17, 15) is 14.4 Å². The van der Waals surface area contributed by atoms with E-state index in [0.29, 0.717) is 18.7 Å². The van der Waals surface area contributed by atoms with Gasteiger partial charge in [-0.3, -0.25) is 14.4 Å². The summed E-state index contributed by atoms with van der Waals surface area (Å²) in [7, 11) is 1.64. The van der Waals surface area contributed by atoms with Crippen LogP contribution < -0.4 is 11.3 Å². The van der Waals surface area contributed by atoms with Gasteiger partial charge in [-0.05, 0) is 24.8 Å². The maximum absolute atomic E-state index is 12.5. The van der Waals surface area contributed by atoms with Gasteiger partial charge >= 0.3 is 0 Å². The van der Waals surface area contributed by atoms with Crippen LogP contribution in [0.3, 0.4) is 0 Å². The Hall–Kier alpha value is -2.11. The molecule has 2 aliphatic rings. The van der Waals surface area contributed by atoms with Crippen LogP contribution in [-0.2, 0) is 11.8 Å². The monoisotopic (exact) mass is 289 g/mol. The van der Waals surface area contributed by atoms with Crippen molar-refractivity contribution in [1.29, 1.82) is 0 Å². The molecule has 0 bridgehead atoms. The van der Waals surface area contributed by atoms with E-state index in [2.05, 4.69) is 0 Å². The number of fused-ring (bicyclic) bond motifs is 1. The number of hydrogen-bond acceptors (Lipinski definition) is 3. The molecule has 1 aliphatic heterocycles. The fourth-order valence-electron chi connectivity index (χ4n) is 3.71. The number of rotatable bonds is 2. The summed E-state index contributed by atoms with van der Waals surface area (Å²) >= 11 is 0. The van der Waals surface area contributed by atoms with Gasteiger partial charge in [-0.15, -0.1) is 0 Å². The number of nitrogens with zero attached hydrogens (tertiary/aromatic N) is 2. The van der Waals surface area contributed by atoms with Crippen LogP contribution in [-0.4, -0.2) is 34.4 Å². The molecule has 3 rings (SSSR count). The molecule has 6 nitrogen and oxygen atoms in total. The van der Waals surface area contributed by atoms with Crippen molar-refractivity contribution < 1.29 is 9.59 Å². The third kappa shape index (κ3) is 2.05. The van der Waals surface area contributed by atoms with Crippen molar-refractivity contribution in [3.8, 4) is 0 Å². The molecule has 1 aromatic heterocycles. The summed E-state index contributed by atoms with van der Waals surface area (Å²) in [6.07, 6.45) is 4.26. The van der Waals surface area contributed by atoms with Gasteiger partial charge in [0.2, 0.25) is 5.91 Å². The lowest BCUT2D eigenvalue weighted by atomic mass is 9.80. The Kier molecular flexibility index (Phi) is 3.11. The van der Waals surface area contributed by atoms with Crippen molar-refractivity contribution in [2.24, 2.45) is 24.1 Å². The van der Waals surface area contributed by atoms with E-state index >= 15 is 0 Å². The third-order valence-electron chi connectivity index (χ3n) is 5.00. The SMILES string of the molecule is Cn1ccc(C(=O)N2C[C@@H]3CCC[C@]3(C(N)=O)C2)cc1=O. The molecule has 0 aromatic carbocycles. The minimum atomic E-state index is -0.560. The van der Waals surface area contributed by atoms with Crippen molar-refractivity contribution in [2.75, 3.05) is 13.1 Å². The number of nitrogens with two attached hydrogens (primary N) is 1. The molecule has 1 aromatic rings. The van der Waals surface area contributed by atoms with Gasteiger partial charge in [-0.2, -0.15) is 0 Å². The average Bonchev–Trinajstić information content (AvgIpc) is 2.98. The summed E-state index contributed by atoms with van der Waals surface area (Å²) in [6.45, 7) is 0.929. The number of carbonyl (C=O) groups is 2. The standard InChI is InChI=1S/C15H19N3O3/c1-17-6-4-10(7-12(17)19)13(20)18-8-11-3-2-5-15(11,9-18)14(16)21/h4,6-7,11H,2-3,5,8-9H2,1H3,(H2,16,21)/t11-,15-/m0/s1. The summed E-state index contributed by atoms with van der Waals surface area (Å²) in [6, 6.07) is 2.97. The zero-order valence-electron chi connectivity index (χ0n) is 12.0. The van der Waals surface area contributed by atoms with Gasteiger partial charge in [0.1, 0.15) is 0 Å². The van der Waals surface area contributed by atoms with Crippen molar-refractivity contribution in [3.63, 3.8) is 0 Å². The third-order valence-corrected chi connectivity index (χ3v) is 5.00. The van der Waals surface area contributed by atoms with Gasteiger partial charge in [0, 0.05) is 38.0 Å². The number of amides is 2. The predicted octanol–water partition coefficient (Wildman–Crippen LogP) is 0.113. The molecule has 21 heavy (non-hydrogen) atoms. The first-order chi connectivity index (χ1) is 9.94. The maximum atomic E-state index is 12.5. The topological polar surface area (TPSA) is 85.4 Å². The Morgan fingerprint density at radius 3 is 2.81 bits per heavy atom. The van der Waals surface area contributed by atoms with E-state index < -0.39 is 5.41 Å². The van der Waals surface area contributed by atoms with Gasteiger partial charge in [-0.1, -0.05) is 6.42 Å². The second kappa shape index (κ2) is 4.72. The quantitative estimate of drug-likeness (QED) is 0.838. The lowest BCUT2D eigenvalue weighted by molar-refractivity contribution is -0.128. The van der Waals surface area contributed by atoms with Crippen LogP contribution in [0.1, 0.15) is 29.6 Å². The molecule has 112 valence electrons. The number of pyridine rings is 1. The fourth-order valence-corrected chi connectivity index (χ4v) is 3.71. The number of aryl methyl sites for hydroxylation is 1. The van der Waals surface area contributed by atoms with Gasteiger partial charge in [0.25, 0.3) is 11.5 Å². The Bertz CT molecular complexity index is 666. The Balaban J connectivity index is 1.86. The van der Waals surface area contributed by atoms with Crippen LogP contribution in [0.2, 0.25) is 0 Å². The van der Waals surface area contributed by atoms with E-state index in [-0.39, 0.29) is 23.3 Å². The average molecular weight is 289 g/mol. The van der Waals surface area contributed by atoms with E-state index in [1.165, 1.54) is 10.6 Å². The highest BCUT2D eigenvalue weighted by Gasteiger charge is 2.54. The molecular formula is C15H19N3O3. The van der Waals surface area contributed by atoms with Crippen LogP contribution in [0.15, 0.2) is 23.1 Å². The fraction of sp³-hybridized carbons (Fsp3) is 0.533. The van der Waals surface area contributed by atoms with E-state index in [1.54, 1.807) is 24.2 Å². The van der Waals surface area contributed by atoms with Crippen LogP contribution in [0.4, 0.5) is 0 Å². The smallest absolute Gasteiger partial charge is 0.254 e. The van der Waals surface area contributed by atoms with Gasteiger partial charge in [0.05, 0.1) is 5.41 Å².